The molecule has 4 aliphatic rings. The number of hydrogen-bond donors (Lipinski definition) is 2. The van der Waals surface area contributed by atoms with Crippen LogP contribution >= 0.6 is 0 Å². The molecule has 4 bridgehead atoms. The Morgan fingerprint density at radius 3 is 2.14 bits per heavy atom. The first-order chi connectivity index (χ1) is 13.6. The molecule has 5 rings (SSSR count). The molecule has 152 valence electrons. The van der Waals surface area contributed by atoms with E-state index in [9.17, 15) is 4.79 Å². The van der Waals surface area contributed by atoms with Crippen LogP contribution in [0, 0.1) is 17.8 Å². The van der Waals surface area contributed by atoms with E-state index in [0.29, 0.717) is 22.8 Å². The van der Waals surface area contributed by atoms with E-state index < -0.39 is 0 Å². The first-order valence-corrected chi connectivity index (χ1v) is 9.96. The summed E-state index contributed by atoms with van der Waals surface area (Å²) in [6.45, 7) is 0. The number of methoxy groups -OCH3 is 3. The summed E-state index contributed by atoms with van der Waals surface area (Å²) in [5.41, 5.74) is 3.27. The smallest absolute Gasteiger partial charge is 0.335 e. The molecule has 0 aromatic heterocycles. The number of carbonyl (C=O) groups excluding carboxylic acids is 1. The van der Waals surface area contributed by atoms with Crippen molar-refractivity contribution in [1.82, 2.24) is 10.7 Å². The summed E-state index contributed by atoms with van der Waals surface area (Å²) < 4.78 is 16.1. The highest BCUT2D eigenvalue weighted by Gasteiger charge is 2.51. The molecule has 0 spiro atoms. The Morgan fingerprint density at radius 2 is 1.61 bits per heavy atom. The van der Waals surface area contributed by atoms with Gasteiger partial charge in [-0.15, -0.1) is 0 Å². The van der Waals surface area contributed by atoms with E-state index in [1.807, 2.05) is 6.07 Å². The molecule has 2 N–H and O–H groups in total. The van der Waals surface area contributed by atoms with Crippen LogP contribution in [0.5, 0.6) is 17.2 Å². The highest BCUT2D eigenvalue weighted by atomic mass is 16.5. The SMILES string of the molecule is COc1ccc(/C=N\NC(=O)NC23CC4CC(CC(C4)C2)C3)c(OC)c1OC. The van der Waals surface area contributed by atoms with Gasteiger partial charge in [0, 0.05) is 11.1 Å². The lowest BCUT2D eigenvalue weighted by Gasteiger charge is -2.56. The van der Waals surface area contributed by atoms with Crippen molar-refractivity contribution in [3.63, 3.8) is 0 Å². The second kappa shape index (κ2) is 7.53. The van der Waals surface area contributed by atoms with Crippen LogP contribution in [0.3, 0.4) is 0 Å². The summed E-state index contributed by atoms with van der Waals surface area (Å²) in [5.74, 6) is 3.92. The molecule has 1 aromatic rings. The van der Waals surface area contributed by atoms with Gasteiger partial charge in [0.2, 0.25) is 5.75 Å². The van der Waals surface area contributed by atoms with Gasteiger partial charge in [0.1, 0.15) is 0 Å². The van der Waals surface area contributed by atoms with Gasteiger partial charge in [-0.1, -0.05) is 0 Å². The van der Waals surface area contributed by atoms with Crippen molar-refractivity contribution in [2.24, 2.45) is 22.9 Å². The zero-order chi connectivity index (χ0) is 19.7. The maximum Gasteiger partial charge on any atom is 0.335 e. The Kier molecular flexibility index (Phi) is 5.08. The van der Waals surface area contributed by atoms with E-state index in [0.717, 1.165) is 37.0 Å². The van der Waals surface area contributed by atoms with Gasteiger partial charge in [-0.3, -0.25) is 0 Å². The van der Waals surface area contributed by atoms with E-state index in [2.05, 4.69) is 15.8 Å². The second-order valence-corrected chi connectivity index (χ2v) is 8.45. The van der Waals surface area contributed by atoms with E-state index in [1.165, 1.54) is 19.3 Å². The summed E-state index contributed by atoms with van der Waals surface area (Å²) in [4.78, 5) is 12.5. The molecule has 0 aliphatic heterocycles. The second-order valence-electron chi connectivity index (χ2n) is 8.45. The number of hydrazone groups is 1. The molecule has 0 radical (unpaired) electrons. The van der Waals surface area contributed by atoms with Crippen LogP contribution in [0.2, 0.25) is 0 Å². The Balaban J connectivity index is 1.41. The highest BCUT2D eigenvalue weighted by Crippen LogP contribution is 2.55. The fourth-order valence-corrected chi connectivity index (χ4v) is 5.92. The van der Waals surface area contributed by atoms with Crippen LogP contribution in [-0.4, -0.2) is 39.1 Å². The predicted octanol–water partition coefficient (Wildman–Crippen LogP) is 3.31. The normalized spacial score (nSPS) is 30.3. The van der Waals surface area contributed by atoms with Gasteiger partial charge in [0.25, 0.3) is 0 Å². The minimum Gasteiger partial charge on any atom is -0.493 e. The third-order valence-electron chi connectivity index (χ3n) is 6.52. The summed E-state index contributed by atoms with van der Waals surface area (Å²) in [6.07, 6.45) is 8.93. The van der Waals surface area contributed by atoms with Crippen LogP contribution < -0.4 is 25.0 Å². The molecule has 1 aromatic carbocycles. The average Bonchev–Trinajstić information content (AvgIpc) is 2.65. The van der Waals surface area contributed by atoms with Crippen LogP contribution in [0.15, 0.2) is 17.2 Å². The number of urea groups is 1. The Labute approximate surface area is 165 Å². The molecule has 4 saturated carbocycles. The number of nitrogens with one attached hydrogen (secondary N) is 2. The molecule has 0 unspecified atom stereocenters. The van der Waals surface area contributed by atoms with Gasteiger partial charge < -0.3 is 19.5 Å². The maximum atomic E-state index is 12.5. The number of hydrogen-bond acceptors (Lipinski definition) is 5. The van der Waals surface area contributed by atoms with Crippen molar-refractivity contribution in [2.45, 2.75) is 44.1 Å². The lowest BCUT2D eigenvalue weighted by molar-refractivity contribution is -0.0135. The first-order valence-electron chi connectivity index (χ1n) is 9.96. The summed E-state index contributed by atoms with van der Waals surface area (Å²) in [5, 5.41) is 7.36. The Hall–Kier alpha value is -2.44. The molecular weight excluding hydrogens is 358 g/mol. The number of nitrogens with zero attached hydrogens (tertiary/aromatic N) is 1. The quantitative estimate of drug-likeness (QED) is 0.580. The van der Waals surface area contributed by atoms with Crippen molar-refractivity contribution < 1.29 is 19.0 Å². The first kappa shape index (κ1) is 18.9. The maximum absolute atomic E-state index is 12.5. The molecule has 0 heterocycles. The van der Waals surface area contributed by atoms with Gasteiger partial charge in [-0.2, -0.15) is 5.10 Å². The molecule has 4 aliphatic carbocycles. The van der Waals surface area contributed by atoms with E-state index in [1.54, 1.807) is 33.6 Å². The molecule has 0 atom stereocenters. The van der Waals surface area contributed by atoms with Crippen LogP contribution in [0.1, 0.15) is 44.1 Å². The van der Waals surface area contributed by atoms with Crippen molar-refractivity contribution in [2.75, 3.05) is 21.3 Å². The van der Waals surface area contributed by atoms with Crippen molar-refractivity contribution in [3.8, 4) is 17.2 Å². The van der Waals surface area contributed by atoms with Gasteiger partial charge in [-0.25, -0.2) is 10.2 Å². The third kappa shape index (κ3) is 3.50. The van der Waals surface area contributed by atoms with Gasteiger partial charge in [0.15, 0.2) is 11.5 Å². The van der Waals surface area contributed by atoms with Crippen molar-refractivity contribution in [3.05, 3.63) is 17.7 Å². The molecule has 7 heteroatoms. The number of amides is 2. The van der Waals surface area contributed by atoms with Crippen molar-refractivity contribution in [1.29, 1.82) is 0 Å². The fourth-order valence-electron chi connectivity index (χ4n) is 5.92. The zero-order valence-electron chi connectivity index (χ0n) is 16.8. The topological polar surface area (TPSA) is 81.2 Å². The minimum atomic E-state index is -0.238. The lowest BCUT2D eigenvalue weighted by atomic mass is 9.53. The average molecular weight is 387 g/mol. The van der Waals surface area contributed by atoms with E-state index >= 15 is 0 Å². The molecule has 4 fully saturated rings. The number of rotatable bonds is 6. The molecule has 28 heavy (non-hydrogen) atoms. The summed E-state index contributed by atoms with van der Waals surface area (Å²) >= 11 is 0. The standard InChI is InChI=1S/C21H29N3O4/c1-26-17-5-4-16(18(27-2)19(17)28-3)12-22-24-20(25)23-21-9-13-6-14(10-21)8-15(7-13)11-21/h4-5,12-15H,6-11H2,1-3H3,(H2,23,24,25)/b22-12-. The minimum absolute atomic E-state index is 0.0324. The summed E-state index contributed by atoms with van der Waals surface area (Å²) in [6, 6.07) is 3.35. The van der Waals surface area contributed by atoms with E-state index in [4.69, 9.17) is 14.2 Å². The molecular formula is C21H29N3O4. The van der Waals surface area contributed by atoms with Crippen LogP contribution in [-0.2, 0) is 0 Å². The summed E-state index contributed by atoms with van der Waals surface area (Å²) in [7, 11) is 4.68. The number of carbonyl (C=O) groups is 1. The number of benzene rings is 1. The third-order valence-corrected chi connectivity index (χ3v) is 6.52. The molecule has 0 saturated heterocycles. The Bertz CT molecular complexity index is 742. The van der Waals surface area contributed by atoms with Gasteiger partial charge in [0.05, 0.1) is 27.5 Å². The highest BCUT2D eigenvalue weighted by molar-refractivity contribution is 5.87. The predicted molar refractivity (Wildman–Crippen MR) is 106 cm³/mol. The molecule has 7 nitrogen and oxygen atoms in total. The largest absolute Gasteiger partial charge is 0.493 e. The fraction of sp³-hybridized carbons (Fsp3) is 0.619. The van der Waals surface area contributed by atoms with Gasteiger partial charge in [-0.05, 0) is 68.4 Å². The Morgan fingerprint density at radius 1 is 1.00 bits per heavy atom. The van der Waals surface area contributed by atoms with Crippen molar-refractivity contribution >= 4 is 12.2 Å². The van der Waals surface area contributed by atoms with Crippen LogP contribution in [0.4, 0.5) is 4.79 Å². The number of ether oxygens (including phenoxy) is 3. The lowest BCUT2D eigenvalue weighted by Crippen LogP contribution is -2.61. The molecule has 2 amide bonds. The van der Waals surface area contributed by atoms with Gasteiger partial charge >= 0.3 is 6.03 Å². The van der Waals surface area contributed by atoms with Crippen LogP contribution in [0.25, 0.3) is 0 Å². The zero-order valence-corrected chi connectivity index (χ0v) is 16.8. The monoisotopic (exact) mass is 387 g/mol. The van der Waals surface area contributed by atoms with E-state index in [-0.39, 0.29) is 11.6 Å².